The molecule has 1 saturated heterocycles. The number of amides is 2. The Bertz CT molecular complexity index is 622. The normalized spacial score (nSPS) is 31.1. The molecule has 2 atom stereocenters. The zero-order chi connectivity index (χ0) is 16.1. The number of hydrogen-bond donors (Lipinski definition) is 0. The highest BCUT2D eigenvalue weighted by Gasteiger charge is 2.56. The first kappa shape index (κ1) is 15.5. The first-order valence-corrected chi connectivity index (χ1v) is 8.23. The molecule has 0 unspecified atom stereocenters. The van der Waals surface area contributed by atoms with Crippen molar-refractivity contribution in [1.82, 2.24) is 0 Å². The Kier molecular flexibility index (Phi) is 3.59. The van der Waals surface area contributed by atoms with Gasteiger partial charge in [0.05, 0.1) is 11.1 Å². The van der Waals surface area contributed by atoms with Crippen LogP contribution in [0.2, 0.25) is 5.02 Å². The molecule has 1 spiro atoms. The lowest BCUT2D eigenvalue weighted by Crippen LogP contribution is -2.43. The average Bonchev–Trinajstić information content (AvgIpc) is 2.59. The molecule has 22 heavy (non-hydrogen) atoms. The van der Waals surface area contributed by atoms with Crippen LogP contribution in [-0.2, 0) is 9.59 Å². The Hall–Kier alpha value is -1.35. The maximum Gasteiger partial charge on any atom is 0.240 e. The maximum atomic E-state index is 13.1. The topological polar surface area (TPSA) is 37.4 Å². The molecule has 0 radical (unpaired) electrons. The van der Waals surface area contributed by atoms with Crippen molar-refractivity contribution in [2.24, 2.45) is 16.7 Å². The van der Waals surface area contributed by atoms with Gasteiger partial charge >= 0.3 is 0 Å². The summed E-state index contributed by atoms with van der Waals surface area (Å²) in [7, 11) is 0. The fraction of sp³-hybridized carbons (Fsp3) is 0.556. The molecule has 2 amide bonds. The summed E-state index contributed by atoms with van der Waals surface area (Å²) >= 11 is 5.90. The summed E-state index contributed by atoms with van der Waals surface area (Å²) in [6, 6.07) is 6.93. The van der Waals surface area contributed by atoms with Crippen LogP contribution >= 0.6 is 11.6 Å². The number of carbonyl (C=O) groups is 2. The Morgan fingerprint density at radius 1 is 1.14 bits per heavy atom. The number of imide groups is 1. The second-order valence-electron chi connectivity index (χ2n) is 7.82. The van der Waals surface area contributed by atoms with Crippen molar-refractivity contribution >= 4 is 29.1 Å². The third-order valence-electron chi connectivity index (χ3n) is 4.94. The summed E-state index contributed by atoms with van der Waals surface area (Å²) < 4.78 is 0. The van der Waals surface area contributed by atoms with E-state index in [1.165, 1.54) is 4.90 Å². The first-order valence-electron chi connectivity index (χ1n) is 7.85. The Labute approximate surface area is 136 Å². The summed E-state index contributed by atoms with van der Waals surface area (Å²) in [5.74, 6) is 0.349. The largest absolute Gasteiger partial charge is 0.274 e. The van der Waals surface area contributed by atoms with Crippen LogP contribution < -0.4 is 4.90 Å². The van der Waals surface area contributed by atoms with E-state index in [4.69, 9.17) is 11.6 Å². The van der Waals surface area contributed by atoms with Gasteiger partial charge in [-0.3, -0.25) is 14.5 Å². The molecule has 3 nitrogen and oxygen atoms in total. The predicted molar refractivity (Wildman–Crippen MR) is 87.8 cm³/mol. The predicted octanol–water partition coefficient (Wildman–Crippen LogP) is 4.44. The molecule has 3 rings (SSSR count). The molecule has 4 heteroatoms. The van der Waals surface area contributed by atoms with Crippen molar-refractivity contribution in [2.75, 3.05) is 4.90 Å². The highest BCUT2D eigenvalue weighted by atomic mass is 35.5. The number of benzene rings is 1. The van der Waals surface area contributed by atoms with E-state index >= 15 is 0 Å². The molecule has 0 N–H and O–H groups in total. The van der Waals surface area contributed by atoms with E-state index in [1.807, 2.05) is 0 Å². The highest BCUT2D eigenvalue weighted by molar-refractivity contribution is 6.30. The third kappa shape index (κ3) is 2.56. The molecule has 118 valence electrons. The van der Waals surface area contributed by atoms with Gasteiger partial charge in [-0.05, 0) is 54.9 Å². The number of halogens is 1. The molecule has 2 fully saturated rings. The molecule has 0 aromatic heterocycles. The van der Waals surface area contributed by atoms with Crippen molar-refractivity contribution in [1.29, 1.82) is 0 Å². The number of carbonyl (C=O) groups excluding carboxylic acids is 2. The van der Waals surface area contributed by atoms with Gasteiger partial charge < -0.3 is 0 Å². The lowest BCUT2D eigenvalue weighted by molar-refractivity contribution is -0.130. The van der Waals surface area contributed by atoms with Crippen molar-refractivity contribution in [3.63, 3.8) is 0 Å². The van der Waals surface area contributed by atoms with Gasteiger partial charge in [0.15, 0.2) is 0 Å². The molecule has 1 saturated carbocycles. The van der Waals surface area contributed by atoms with E-state index in [2.05, 4.69) is 20.8 Å². The summed E-state index contributed by atoms with van der Waals surface area (Å²) in [4.78, 5) is 27.0. The minimum atomic E-state index is -0.516. The average molecular weight is 320 g/mol. The molecule has 1 aliphatic carbocycles. The van der Waals surface area contributed by atoms with E-state index in [9.17, 15) is 9.59 Å². The maximum absolute atomic E-state index is 13.1. The zero-order valence-corrected chi connectivity index (χ0v) is 14.1. The summed E-state index contributed by atoms with van der Waals surface area (Å²) in [6.07, 6.45) is 3.05. The molecule has 2 aliphatic rings. The smallest absolute Gasteiger partial charge is 0.240 e. The van der Waals surface area contributed by atoms with Crippen molar-refractivity contribution in [3.8, 4) is 0 Å². The van der Waals surface area contributed by atoms with Crippen LogP contribution in [0, 0.1) is 16.7 Å². The second-order valence-corrected chi connectivity index (χ2v) is 8.26. The van der Waals surface area contributed by atoms with Gasteiger partial charge in [0.1, 0.15) is 0 Å². The zero-order valence-electron chi connectivity index (χ0n) is 13.4. The van der Waals surface area contributed by atoms with E-state index in [1.54, 1.807) is 24.3 Å². The fourth-order valence-corrected chi connectivity index (χ4v) is 4.81. The van der Waals surface area contributed by atoms with Crippen LogP contribution in [0.5, 0.6) is 0 Å². The minimum Gasteiger partial charge on any atom is -0.274 e. The second kappa shape index (κ2) is 5.09. The van der Waals surface area contributed by atoms with Crippen LogP contribution in [-0.4, -0.2) is 11.8 Å². The van der Waals surface area contributed by atoms with Gasteiger partial charge in [-0.25, -0.2) is 0 Å². The highest BCUT2D eigenvalue weighted by Crippen LogP contribution is 2.54. The van der Waals surface area contributed by atoms with Crippen LogP contribution in [0.25, 0.3) is 0 Å². The van der Waals surface area contributed by atoms with Crippen LogP contribution in [0.3, 0.4) is 0 Å². The Morgan fingerprint density at radius 2 is 1.77 bits per heavy atom. The van der Waals surface area contributed by atoms with Crippen molar-refractivity contribution < 1.29 is 9.59 Å². The van der Waals surface area contributed by atoms with E-state index in [0.717, 1.165) is 19.3 Å². The fourth-order valence-electron chi connectivity index (χ4n) is 4.69. The molecule has 1 aromatic carbocycles. The van der Waals surface area contributed by atoms with E-state index < -0.39 is 5.41 Å². The quantitative estimate of drug-likeness (QED) is 0.718. The number of rotatable bonds is 1. The molecular weight excluding hydrogens is 298 g/mol. The Balaban J connectivity index is 1.95. The standard InChI is InChI=1S/C18H22ClNO2/c1-12-8-17(2,3)11-18(9-12)10-15(21)20(16(18)22)14-6-4-13(19)5-7-14/h4-7,12H,8-11H2,1-3H3/t12-,18-/m1/s1. The first-order chi connectivity index (χ1) is 10.2. The minimum absolute atomic E-state index is 0.0283. The number of nitrogens with zero attached hydrogens (tertiary/aromatic N) is 1. The van der Waals surface area contributed by atoms with Gasteiger partial charge in [-0.1, -0.05) is 32.4 Å². The van der Waals surface area contributed by atoms with Crippen molar-refractivity contribution in [2.45, 2.75) is 46.5 Å². The SMILES string of the molecule is C[C@@H]1CC(C)(C)C[C@]2(CC(=O)N(c3ccc(Cl)cc3)C2=O)C1. The summed E-state index contributed by atoms with van der Waals surface area (Å²) in [5, 5.41) is 0.602. The number of hydrogen-bond acceptors (Lipinski definition) is 2. The van der Waals surface area contributed by atoms with Crippen LogP contribution in [0.15, 0.2) is 24.3 Å². The van der Waals surface area contributed by atoms with Gasteiger partial charge in [0.2, 0.25) is 11.8 Å². The van der Waals surface area contributed by atoms with Gasteiger partial charge in [0, 0.05) is 11.4 Å². The lowest BCUT2D eigenvalue weighted by atomic mass is 9.59. The molecule has 0 bridgehead atoms. The molecule has 1 heterocycles. The van der Waals surface area contributed by atoms with Crippen LogP contribution in [0.4, 0.5) is 5.69 Å². The monoisotopic (exact) mass is 319 g/mol. The number of anilines is 1. The Morgan fingerprint density at radius 3 is 2.36 bits per heavy atom. The van der Waals surface area contributed by atoms with Gasteiger partial charge in [-0.2, -0.15) is 0 Å². The van der Waals surface area contributed by atoms with Crippen LogP contribution in [0.1, 0.15) is 46.5 Å². The molecule has 1 aliphatic heterocycles. The van der Waals surface area contributed by atoms with Gasteiger partial charge in [0.25, 0.3) is 0 Å². The molecular formula is C18H22ClNO2. The summed E-state index contributed by atoms with van der Waals surface area (Å²) in [5.41, 5.74) is 0.217. The van der Waals surface area contributed by atoms with Crippen molar-refractivity contribution in [3.05, 3.63) is 29.3 Å². The summed E-state index contributed by atoms with van der Waals surface area (Å²) in [6.45, 7) is 6.59. The van der Waals surface area contributed by atoms with Gasteiger partial charge in [-0.15, -0.1) is 0 Å². The lowest BCUT2D eigenvalue weighted by Gasteiger charge is -2.44. The third-order valence-corrected chi connectivity index (χ3v) is 5.19. The molecule has 1 aromatic rings. The van der Waals surface area contributed by atoms with E-state index in [-0.39, 0.29) is 17.2 Å². The van der Waals surface area contributed by atoms with E-state index in [0.29, 0.717) is 23.0 Å².